The van der Waals surface area contributed by atoms with Gasteiger partial charge in [-0.25, -0.2) is 10.0 Å². The number of hydrogen-bond donors (Lipinski definition) is 0. The molecule has 0 amide bonds. The summed E-state index contributed by atoms with van der Waals surface area (Å²) in [6.45, 7) is 21.7. The Morgan fingerprint density at radius 3 is 1.91 bits per heavy atom. The predicted molar refractivity (Wildman–Crippen MR) is 238 cm³/mol. The van der Waals surface area contributed by atoms with Gasteiger partial charge in [0.2, 0.25) is 11.4 Å². The summed E-state index contributed by atoms with van der Waals surface area (Å²) >= 11 is 9.32. The number of nitrogens with zero attached hydrogens (tertiary/aromatic N) is 3. The molecule has 0 bridgehead atoms. The van der Waals surface area contributed by atoms with Crippen LogP contribution >= 0.6 is 33.4 Å². The van der Waals surface area contributed by atoms with Crippen molar-refractivity contribution in [2.75, 3.05) is 41.1 Å². The first-order chi connectivity index (χ1) is 26.1. The molecule has 2 heterocycles. The molecule has 1 aliphatic heterocycles. The number of pyridine rings is 1. The van der Waals surface area contributed by atoms with E-state index in [9.17, 15) is 0 Å². The van der Waals surface area contributed by atoms with E-state index in [1.54, 1.807) is 0 Å². The summed E-state index contributed by atoms with van der Waals surface area (Å²) in [5.41, 5.74) is 16.0. The van der Waals surface area contributed by atoms with E-state index in [2.05, 4.69) is 179 Å². The zero-order valence-electron chi connectivity index (χ0n) is 33.9. The Hall–Kier alpha value is -3.64. The summed E-state index contributed by atoms with van der Waals surface area (Å²) < 4.78 is 7.92. The highest BCUT2D eigenvalue weighted by atomic mass is 35.5. The molecule has 1 atom stereocenters. The molecule has 282 valence electrons. The number of fused-ring (bicyclic) bond motifs is 1. The van der Waals surface area contributed by atoms with E-state index in [4.69, 9.17) is 11.6 Å². The molecule has 3 nitrogen and oxygen atoms in total. The molecule has 1 unspecified atom stereocenters. The number of hydrogen-bond acceptors (Lipinski definition) is 1. The molecule has 4 aromatic carbocycles. The van der Waals surface area contributed by atoms with Crippen LogP contribution < -0.4 is 4.57 Å². The Morgan fingerprint density at radius 1 is 0.722 bits per heavy atom. The highest BCUT2D eigenvalue weighted by Gasteiger charge is 2.52. The average Bonchev–Trinajstić information content (AvgIpc) is 3.48. The highest BCUT2D eigenvalue weighted by molar-refractivity contribution is 8.33. The van der Waals surface area contributed by atoms with Gasteiger partial charge in [0.05, 0.1) is 11.1 Å². The van der Waals surface area contributed by atoms with Crippen molar-refractivity contribution in [3.63, 3.8) is 0 Å². The number of rotatable bonds is 14. The topological polar surface area (TPSA) is 9.90 Å². The molecule has 1 aliphatic rings. The van der Waals surface area contributed by atoms with Crippen molar-refractivity contribution >= 4 is 56.2 Å². The van der Waals surface area contributed by atoms with Crippen LogP contribution in [0.1, 0.15) is 84.2 Å². The van der Waals surface area contributed by atoms with Crippen molar-refractivity contribution in [1.82, 2.24) is 0 Å². The van der Waals surface area contributed by atoms with Gasteiger partial charge in [-0.05, 0) is 118 Å². The largest absolute Gasteiger partial charge is 0.364 e. The molecule has 5 aromatic rings. The molecule has 6 heteroatoms. The van der Waals surface area contributed by atoms with Crippen LogP contribution in [0.3, 0.4) is 0 Å². The lowest BCUT2D eigenvalue weighted by atomic mass is 10.0. The molecule has 0 spiro atoms. The Morgan fingerprint density at radius 2 is 1.31 bits per heavy atom. The van der Waals surface area contributed by atoms with Crippen LogP contribution in [0, 0.1) is 34.6 Å². The Balaban J connectivity index is 1.76. The average molecular weight is 778 g/mol. The molecule has 1 aromatic heterocycles. The van der Waals surface area contributed by atoms with E-state index in [1.807, 2.05) is 11.8 Å². The SMILES string of the molecule is CCSCC1[N+](c2c(C)cc(C)cc2Cl)=C(c2ccccc2)c2cccc(C(c3ccccc3)=[N+](CCS(CC)(CC)CC)c3c(C)cc(C)cc3C)[n+]21. The molecule has 0 saturated heterocycles. The minimum atomic E-state index is -0.774. The van der Waals surface area contributed by atoms with Crippen LogP contribution in [0.5, 0.6) is 0 Å². The minimum absolute atomic E-state index is 0.0114. The second-order valence-corrected chi connectivity index (χ2v) is 21.0. The second-order valence-electron chi connectivity index (χ2n) is 14.7. The van der Waals surface area contributed by atoms with Crippen LogP contribution in [0.2, 0.25) is 5.02 Å². The molecule has 0 saturated carbocycles. The maximum absolute atomic E-state index is 7.33. The van der Waals surface area contributed by atoms with Gasteiger partial charge in [0.15, 0.2) is 6.54 Å². The quantitative estimate of drug-likeness (QED) is 0.0807. The first kappa shape index (κ1) is 40.0. The zero-order chi connectivity index (χ0) is 38.6. The van der Waals surface area contributed by atoms with E-state index in [0.717, 1.165) is 28.8 Å². The molecule has 0 aliphatic carbocycles. The minimum Gasteiger partial charge on any atom is -0.236 e. The lowest BCUT2D eigenvalue weighted by Crippen LogP contribution is -2.50. The Bertz CT molecular complexity index is 2130. The molecule has 0 fully saturated rings. The lowest BCUT2D eigenvalue weighted by molar-refractivity contribution is -0.838. The van der Waals surface area contributed by atoms with Gasteiger partial charge < -0.3 is 0 Å². The van der Waals surface area contributed by atoms with E-state index in [-0.39, 0.29) is 6.17 Å². The molecule has 54 heavy (non-hydrogen) atoms. The van der Waals surface area contributed by atoms with Crippen molar-refractivity contribution in [3.05, 3.63) is 158 Å². The van der Waals surface area contributed by atoms with E-state index in [1.165, 1.54) is 90.5 Å². The Kier molecular flexibility index (Phi) is 12.9. The fourth-order valence-corrected chi connectivity index (χ4v) is 12.5. The van der Waals surface area contributed by atoms with Gasteiger partial charge in [0, 0.05) is 34.6 Å². The van der Waals surface area contributed by atoms with Gasteiger partial charge in [0.1, 0.15) is 10.8 Å². The van der Waals surface area contributed by atoms with Crippen LogP contribution in [-0.2, 0) is 0 Å². The normalized spacial score (nSPS) is 15.0. The summed E-state index contributed by atoms with van der Waals surface area (Å²) in [6, 6.07) is 38.2. The monoisotopic (exact) mass is 776 g/mol. The summed E-state index contributed by atoms with van der Waals surface area (Å²) in [5.74, 6) is 6.90. The number of halogens is 1. The van der Waals surface area contributed by atoms with Gasteiger partial charge in [-0.3, -0.25) is 0 Å². The third-order valence-electron chi connectivity index (χ3n) is 11.3. The smallest absolute Gasteiger partial charge is 0.236 e. The Labute approximate surface area is 336 Å². The lowest BCUT2D eigenvalue weighted by Gasteiger charge is -2.36. The third kappa shape index (κ3) is 7.88. The van der Waals surface area contributed by atoms with Gasteiger partial charge in [-0.2, -0.15) is 4.58 Å². The van der Waals surface area contributed by atoms with E-state index < -0.39 is 10.0 Å². The summed E-state index contributed by atoms with van der Waals surface area (Å²) in [6.07, 6.45) is -0.0114. The third-order valence-corrected chi connectivity index (χ3v) is 17.3. The van der Waals surface area contributed by atoms with Crippen molar-refractivity contribution in [1.29, 1.82) is 0 Å². The molecule has 0 radical (unpaired) electrons. The number of aryl methyl sites for hydroxylation is 5. The number of aromatic nitrogens is 1. The van der Waals surface area contributed by atoms with Crippen molar-refractivity contribution < 1.29 is 13.7 Å². The predicted octanol–water partition coefficient (Wildman–Crippen LogP) is 11.7. The maximum Gasteiger partial charge on any atom is 0.364 e. The van der Waals surface area contributed by atoms with Crippen molar-refractivity contribution in [3.8, 4) is 0 Å². The van der Waals surface area contributed by atoms with Crippen LogP contribution in [0.4, 0.5) is 11.4 Å². The van der Waals surface area contributed by atoms with Gasteiger partial charge in [0.25, 0.3) is 22.8 Å². The first-order valence-corrected chi connectivity index (χ1v) is 23.5. The molecular weight excluding hydrogens is 718 g/mol. The van der Waals surface area contributed by atoms with Crippen LogP contribution in [-0.4, -0.2) is 61.6 Å². The molecule has 6 rings (SSSR count). The molecular formula is C48H59ClN3S2+3. The summed E-state index contributed by atoms with van der Waals surface area (Å²) in [5, 5.41) is 0.792. The van der Waals surface area contributed by atoms with Crippen molar-refractivity contribution in [2.24, 2.45) is 0 Å². The first-order valence-electron chi connectivity index (χ1n) is 19.7. The standard InChI is InChI=1S/C48H59ClN3S2/c1-10-53-33-44-51-42(25-20-26-43(51)48(40-23-18-15-19-24-40)52(44)46-38(9)31-35(6)32-41(46)49)47(39-21-16-14-17-22-39)50(27-28-54(11-2,12-3)13-4)45-36(7)29-34(5)30-37(45)8/h14-26,29-32,44H,10-13,27-28,33H2,1-9H3/q+3. The summed E-state index contributed by atoms with van der Waals surface area (Å²) in [7, 11) is -0.774. The van der Waals surface area contributed by atoms with Crippen LogP contribution in [0.25, 0.3) is 0 Å². The van der Waals surface area contributed by atoms with Crippen LogP contribution in [0.15, 0.2) is 103 Å². The summed E-state index contributed by atoms with van der Waals surface area (Å²) in [4.78, 5) is 0. The second kappa shape index (κ2) is 17.4. The molecule has 0 N–H and O–H groups in total. The number of thioether (sulfide) groups is 1. The maximum atomic E-state index is 7.33. The fraction of sp³-hybridized carbons (Fsp3) is 0.354. The van der Waals surface area contributed by atoms with E-state index in [0.29, 0.717) is 0 Å². The number of benzene rings is 4. The van der Waals surface area contributed by atoms with Gasteiger partial charge in [-0.1, -0.05) is 81.3 Å². The fourth-order valence-electron chi connectivity index (χ4n) is 8.65. The zero-order valence-corrected chi connectivity index (χ0v) is 36.3. The van der Waals surface area contributed by atoms with Gasteiger partial charge in [-0.15, -0.1) is 20.9 Å². The van der Waals surface area contributed by atoms with Crippen molar-refractivity contribution in [2.45, 2.75) is 68.5 Å². The highest BCUT2D eigenvalue weighted by Crippen LogP contribution is 2.47. The van der Waals surface area contributed by atoms with Gasteiger partial charge >= 0.3 is 6.17 Å². The van der Waals surface area contributed by atoms with E-state index >= 15 is 0 Å².